The van der Waals surface area contributed by atoms with E-state index in [0.29, 0.717) is 13.2 Å². The third-order valence-electron chi connectivity index (χ3n) is 9.63. The van der Waals surface area contributed by atoms with Crippen LogP contribution in [0.25, 0.3) is 0 Å². The van der Waals surface area contributed by atoms with Gasteiger partial charge in [-0.15, -0.1) is 0 Å². The van der Waals surface area contributed by atoms with E-state index in [-0.39, 0.29) is 25.9 Å². The standard InChI is InChI=1S/C47H83NO6/c1-6-9-11-13-15-17-19-21-23-25-27-29-31-33-35-37-41-52-45(50)43-47(8-3,54-44(49)39-40-48(4)5)46(51)53-42-38-36-34-32-30-28-26-24-22-20-18-16-14-12-10-7-2/h15-18,21-24H,6-14,19-20,25-43H2,1-5H3/b17-15-,18-16-,23-21-,24-22-. The van der Waals surface area contributed by atoms with E-state index in [1.54, 1.807) is 6.92 Å². The summed E-state index contributed by atoms with van der Waals surface area (Å²) in [6, 6.07) is 0. The Balaban J connectivity index is 4.41. The van der Waals surface area contributed by atoms with E-state index in [1.807, 2.05) is 19.0 Å². The van der Waals surface area contributed by atoms with Gasteiger partial charge in [-0.25, -0.2) is 4.79 Å². The maximum atomic E-state index is 13.4. The molecule has 0 aromatic heterocycles. The summed E-state index contributed by atoms with van der Waals surface area (Å²) in [4.78, 5) is 40.9. The number of hydrogen-bond donors (Lipinski definition) is 0. The highest BCUT2D eigenvalue weighted by molar-refractivity contribution is 5.88. The molecular formula is C47H83NO6. The zero-order valence-corrected chi connectivity index (χ0v) is 35.7. The molecule has 7 heteroatoms. The molecule has 0 saturated carbocycles. The SMILES string of the molecule is CCCCC/C=C\C/C=C\CCCCCCCCOC(=O)CC(CC)(OC(=O)CCN(C)C)C(=O)OCCCCCCCC/C=C\C/C=C\CCCCC. The van der Waals surface area contributed by atoms with Crippen LogP contribution in [0.4, 0.5) is 0 Å². The van der Waals surface area contributed by atoms with Crippen molar-refractivity contribution in [3.8, 4) is 0 Å². The fraction of sp³-hybridized carbons (Fsp3) is 0.766. The Labute approximate surface area is 332 Å². The number of rotatable bonds is 38. The smallest absolute Gasteiger partial charge is 0.351 e. The van der Waals surface area contributed by atoms with Crippen LogP contribution in [-0.4, -0.2) is 62.3 Å². The number of ether oxygens (including phenoxy) is 3. The third-order valence-corrected chi connectivity index (χ3v) is 9.63. The van der Waals surface area contributed by atoms with E-state index in [2.05, 4.69) is 62.5 Å². The molecule has 0 aromatic carbocycles. The van der Waals surface area contributed by atoms with Gasteiger partial charge in [-0.2, -0.15) is 0 Å². The van der Waals surface area contributed by atoms with E-state index in [0.717, 1.165) is 70.6 Å². The monoisotopic (exact) mass is 758 g/mol. The lowest BCUT2D eigenvalue weighted by Crippen LogP contribution is -2.46. The maximum Gasteiger partial charge on any atom is 0.351 e. The van der Waals surface area contributed by atoms with E-state index in [1.165, 1.54) is 83.5 Å². The Morgan fingerprint density at radius 2 is 0.907 bits per heavy atom. The van der Waals surface area contributed by atoms with E-state index in [9.17, 15) is 14.4 Å². The number of allylic oxidation sites excluding steroid dienone is 8. The van der Waals surface area contributed by atoms with Crippen molar-refractivity contribution in [2.45, 2.75) is 200 Å². The molecule has 0 spiro atoms. The number of carbonyl (C=O) groups excluding carboxylic acids is 3. The molecule has 0 heterocycles. The Bertz CT molecular complexity index is 1020. The van der Waals surface area contributed by atoms with E-state index >= 15 is 0 Å². The normalized spacial score (nSPS) is 13.1. The summed E-state index contributed by atoms with van der Waals surface area (Å²) in [5, 5.41) is 0. The molecule has 1 unspecified atom stereocenters. The molecule has 0 aliphatic rings. The summed E-state index contributed by atoms with van der Waals surface area (Å²) in [6.07, 6.45) is 45.4. The average molecular weight is 758 g/mol. The molecule has 0 bridgehead atoms. The third kappa shape index (κ3) is 32.7. The molecule has 0 N–H and O–H groups in total. The summed E-state index contributed by atoms with van der Waals surface area (Å²) in [7, 11) is 3.74. The number of esters is 3. The summed E-state index contributed by atoms with van der Waals surface area (Å²) in [5.74, 6) is -1.71. The number of carbonyl (C=O) groups is 3. The topological polar surface area (TPSA) is 82.1 Å². The molecule has 0 rings (SSSR count). The van der Waals surface area contributed by atoms with E-state index in [4.69, 9.17) is 14.2 Å². The van der Waals surface area contributed by atoms with Gasteiger partial charge in [-0.3, -0.25) is 9.59 Å². The zero-order valence-electron chi connectivity index (χ0n) is 35.7. The zero-order chi connectivity index (χ0) is 39.8. The Morgan fingerprint density at radius 1 is 0.500 bits per heavy atom. The highest BCUT2D eigenvalue weighted by atomic mass is 16.6. The minimum Gasteiger partial charge on any atom is -0.466 e. The van der Waals surface area contributed by atoms with Gasteiger partial charge in [0.2, 0.25) is 5.60 Å². The van der Waals surface area contributed by atoms with Crippen LogP contribution in [0.2, 0.25) is 0 Å². The van der Waals surface area contributed by atoms with Crippen molar-refractivity contribution in [2.24, 2.45) is 0 Å². The minimum atomic E-state index is -1.67. The molecule has 54 heavy (non-hydrogen) atoms. The van der Waals surface area contributed by atoms with Crippen molar-refractivity contribution in [3.63, 3.8) is 0 Å². The van der Waals surface area contributed by atoms with Gasteiger partial charge in [-0.05, 0) is 97.6 Å². The summed E-state index contributed by atoms with van der Waals surface area (Å²) in [5.41, 5.74) is -1.67. The first-order valence-electron chi connectivity index (χ1n) is 22.1. The predicted molar refractivity (Wildman–Crippen MR) is 228 cm³/mol. The first-order chi connectivity index (χ1) is 26.3. The van der Waals surface area contributed by atoms with Crippen LogP contribution in [0.3, 0.4) is 0 Å². The fourth-order valence-electron chi connectivity index (χ4n) is 6.02. The second-order valence-corrected chi connectivity index (χ2v) is 15.1. The van der Waals surface area contributed by atoms with E-state index < -0.39 is 23.5 Å². The second-order valence-electron chi connectivity index (χ2n) is 15.1. The summed E-state index contributed by atoms with van der Waals surface area (Å²) >= 11 is 0. The fourth-order valence-corrected chi connectivity index (χ4v) is 6.02. The number of unbranched alkanes of at least 4 members (excludes halogenated alkanes) is 18. The Morgan fingerprint density at radius 3 is 1.33 bits per heavy atom. The molecule has 312 valence electrons. The van der Waals surface area contributed by atoms with Gasteiger partial charge in [0, 0.05) is 6.54 Å². The molecule has 1 atom stereocenters. The van der Waals surface area contributed by atoms with Crippen LogP contribution in [0, 0.1) is 0 Å². The van der Waals surface area contributed by atoms with Crippen molar-refractivity contribution in [1.29, 1.82) is 0 Å². The highest BCUT2D eigenvalue weighted by Gasteiger charge is 2.45. The van der Waals surface area contributed by atoms with Crippen LogP contribution in [0.1, 0.15) is 194 Å². The molecule has 0 radical (unpaired) electrons. The van der Waals surface area contributed by atoms with Crippen molar-refractivity contribution >= 4 is 17.9 Å². The van der Waals surface area contributed by atoms with Crippen LogP contribution in [0.5, 0.6) is 0 Å². The number of nitrogens with zero attached hydrogens (tertiary/aromatic N) is 1. The minimum absolute atomic E-state index is 0.121. The molecule has 0 saturated heterocycles. The van der Waals surface area contributed by atoms with Gasteiger partial charge >= 0.3 is 17.9 Å². The van der Waals surface area contributed by atoms with Crippen LogP contribution < -0.4 is 0 Å². The molecule has 0 aliphatic heterocycles. The molecule has 7 nitrogen and oxygen atoms in total. The van der Waals surface area contributed by atoms with Gasteiger partial charge in [0.05, 0.1) is 26.1 Å². The molecule has 0 aromatic rings. The summed E-state index contributed by atoms with van der Waals surface area (Å²) in [6.45, 7) is 7.24. The van der Waals surface area contributed by atoms with Gasteiger partial charge in [0.15, 0.2) is 0 Å². The molecule has 0 amide bonds. The molecular weight excluding hydrogens is 675 g/mol. The second kappa shape index (κ2) is 38.6. The van der Waals surface area contributed by atoms with Crippen LogP contribution >= 0.6 is 0 Å². The lowest BCUT2D eigenvalue weighted by molar-refractivity contribution is -0.188. The summed E-state index contributed by atoms with van der Waals surface area (Å²) < 4.78 is 16.9. The predicted octanol–water partition coefficient (Wildman–Crippen LogP) is 12.7. The van der Waals surface area contributed by atoms with Gasteiger partial charge < -0.3 is 19.1 Å². The van der Waals surface area contributed by atoms with Gasteiger partial charge in [0.25, 0.3) is 0 Å². The van der Waals surface area contributed by atoms with Gasteiger partial charge in [0.1, 0.15) is 0 Å². The van der Waals surface area contributed by atoms with Crippen molar-refractivity contribution in [1.82, 2.24) is 4.90 Å². The van der Waals surface area contributed by atoms with Crippen LogP contribution in [0.15, 0.2) is 48.6 Å². The quantitative estimate of drug-likeness (QED) is 0.0268. The maximum absolute atomic E-state index is 13.4. The first-order valence-corrected chi connectivity index (χ1v) is 22.1. The molecule has 0 fully saturated rings. The van der Waals surface area contributed by atoms with Gasteiger partial charge in [-0.1, -0.05) is 146 Å². The van der Waals surface area contributed by atoms with Crippen molar-refractivity contribution < 1.29 is 28.6 Å². The number of hydrogen-bond acceptors (Lipinski definition) is 7. The molecule has 0 aliphatic carbocycles. The lowest BCUT2D eigenvalue weighted by atomic mass is 9.96. The van der Waals surface area contributed by atoms with Crippen molar-refractivity contribution in [2.75, 3.05) is 33.9 Å². The largest absolute Gasteiger partial charge is 0.466 e. The first kappa shape index (κ1) is 51.3. The average Bonchev–Trinajstić information content (AvgIpc) is 3.16. The van der Waals surface area contributed by atoms with Crippen LogP contribution in [-0.2, 0) is 28.6 Å². The highest BCUT2D eigenvalue weighted by Crippen LogP contribution is 2.25. The lowest BCUT2D eigenvalue weighted by Gasteiger charge is -2.29. The Hall–Kier alpha value is -2.67. The van der Waals surface area contributed by atoms with Crippen molar-refractivity contribution in [3.05, 3.63) is 48.6 Å². The Kier molecular flexibility index (Phi) is 36.7.